The van der Waals surface area contributed by atoms with Crippen molar-refractivity contribution >= 4 is 17.7 Å². The molecule has 0 unspecified atom stereocenters. The molecule has 1 aromatic heterocycles. The second-order valence-corrected chi connectivity index (χ2v) is 6.61. The maximum atomic E-state index is 12.2. The summed E-state index contributed by atoms with van der Waals surface area (Å²) < 4.78 is 2.23. The molecule has 23 heavy (non-hydrogen) atoms. The van der Waals surface area contributed by atoms with E-state index in [0.717, 1.165) is 35.9 Å². The number of aryl methyl sites for hydroxylation is 1. The third kappa shape index (κ3) is 3.93. The van der Waals surface area contributed by atoms with Crippen molar-refractivity contribution in [3.05, 3.63) is 41.5 Å². The Kier molecular flexibility index (Phi) is 5.33. The van der Waals surface area contributed by atoms with Gasteiger partial charge in [0.25, 0.3) is 5.91 Å². The van der Waals surface area contributed by atoms with Crippen molar-refractivity contribution < 1.29 is 4.79 Å². The van der Waals surface area contributed by atoms with E-state index in [-0.39, 0.29) is 5.91 Å². The van der Waals surface area contributed by atoms with Gasteiger partial charge in [-0.2, -0.15) is 0 Å². The van der Waals surface area contributed by atoms with Gasteiger partial charge in [0.1, 0.15) is 11.6 Å². The predicted octanol–water partition coefficient (Wildman–Crippen LogP) is 2.70. The van der Waals surface area contributed by atoms with E-state index in [9.17, 15) is 4.79 Å². The van der Waals surface area contributed by atoms with Crippen LogP contribution in [0.15, 0.2) is 29.2 Å². The van der Waals surface area contributed by atoms with Crippen molar-refractivity contribution in [3.8, 4) is 0 Å². The second kappa shape index (κ2) is 7.64. The Morgan fingerprint density at radius 2 is 2.04 bits per heavy atom. The van der Waals surface area contributed by atoms with E-state index in [1.807, 2.05) is 30.5 Å². The van der Waals surface area contributed by atoms with Crippen LogP contribution < -0.4 is 5.32 Å². The molecule has 1 aromatic carbocycles. The Labute approximate surface area is 140 Å². The first-order valence-electron chi connectivity index (χ1n) is 8.11. The highest BCUT2D eigenvalue weighted by Crippen LogP contribution is 2.15. The molecule has 0 aliphatic carbocycles. The molecule has 0 saturated carbocycles. The van der Waals surface area contributed by atoms with Gasteiger partial charge in [0, 0.05) is 36.4 Å². The zero-order chi connectivity index (χ0) is 16.1. The molecule has 1 N–H and O–H groups in total. The van der Waals surface area contributed by atoms with Gasteiger partial charge in [0.2, 0.25) is 0 Å². The van der Waals surface area contributed by atoms with Crippen molar-refractivity contribution in [3.63, 3.8) is 0 Å². The highest BCUT2D eigenvalue weighted by molar-refractivity contribution is 7.98. The summed E-state index contributed by atoms with van der Waals surface area (Å²) in [5, 5.41) is 11.6. The standard InChI is InChI=1S/C17H22N4OS/c1-23-14-8-6-13(7-9-14)17(22)18-11-10-16-20-19-15-5-3-2-4-12-21(15)16/h6-9H,2-5,10-12H2,1H3,(H,18,22). The zero-order valence-corrected chi connectivity index (χ0v) is 14.2. The second-order valence-electron chi connectivity index (χ2n) is 5.73. The van der Waals surface area contributed by atoms with Gasteiger partial charge in [-0.25, -0.2) is 0 Å². The summed E-state index contributed by atoms with van der Waals surface area (Å²) in [4.78, 5) is 13.3. The molecule has 122 valence electrons. The first kappa shape index (κ1) is 16.1. The van der Waals surface area contributed by atoms with E-state index in [1.54, 1.807) is 11.8 Å². The van der Waals surface area contributed by atoms with Crippen molar-refractivity contribution in [2.45, 2.75) is 43.5 Å². The number of hydrogen-bond donors (Lipinski definition) is 1. The monoisotopic (exact) mass is 330 g/mol. The fourth-order valence-corrected chi connectivity index (χ4v) is 3.27. The zero-order valence-electron chi connectivity index (χ0n) is 13.4. The Hall–Kier alpha value is -1.82. The van der Waals surface area contributed by atoms with Crippen molar-refractivity contribution in [2.24, 2.45) is 0 Å². The molecule has 0 saturated heterocycles. The minimum Gasteiger partial charge on any atom is -0.352 e. The number of nitrogens with zero attached hydrogens (tertiary/aromatic N) is 3. The normalized spacial score (nSPS) is 14.1. The minimum absolute atomic E-state index is 0.0340. The Bertz CT molecular complexity index is 666. The summed E-state index contributed by atoms with van der Waals surface area (Å²) in [5.74, 6) is 2.05. The highest BCUT2D eigenvalue weighted by Gasteiger charge is 2.14. The molecule has 2 heterocycles. The molecule has 2 aromatic rings. The van der Waals surface area contributed by atoms with Crippen LogP contribution >= 0.6 is 11.8 Å². The molecule has 0 spiro atoms. The lowest BCUT2D eigenvalue weighted by Gasteiger charge is -2.08. The van der Waals surface area contributed by atoms with Crippen LogP contribution in [0, 0.1) is 0 Å². The maximum Gasteiger partial charge on any atom is 0.251 e. The Balaban J connectivity index is 1.54. The van der Waals surface area contributed by atoms with Gasteiger partial charge in [-0.1, -0.05) is 6.42 Å². The molecule has 5 nitrogen and oxygen atoms in total. The summed E-state index contributed by atoms with van der Waals surface area (Å²) in [6, 6.07) is 7.67. The lowest BCUT2D eigenvalue weighted by molar-refractivity contribution is 0.0954. The van der Waals surface area contributed by atoms with Gasteiger partial charge < -0.3 is 9.88 Å². The predicted molar refractivity (Wildman–Crippen MR) is 91.8 cm³/mol. The molecule has 0 atom stereocenters. The molecule has 0 bridgehead atoms. The van der Waals surface area contributed by atoms with E-state index in [2.05, 4.69) is 20.1 Å². The van der Waals surface area contributed by atoms with Crippen LogP contribution in [0.4, 0.5) is 0 Å². The number of thioether (sulfide) groups is 1. The average Bonchev–Trinajstić information content (AvgIpc) is 2.82. The van der Waals surface area contributed by atoms with Crippen LogP contribution in [0.1, 0.15) is 41.3 Å². The van der Waals surface area contributed by atoms with Crippen molar-refractivity contribution in [1.29, 1.82) is 0 Å². The van der Waals surface area contributed by atoms with Gasteiger partial charge in [0.15, 0.2) is 0 Å². The Morgan fingerprint density at radius 3 is 2.83 bits per heavy atom. The molecule has 0 fully saturated rings. The van der Waals surface area contributed by atoms with Crippen LogP contribution in [0.3, 0.4) is 0 Å². The van der Waals surface area contributed by atoms with E-state index in [1.165, 1.54) is 19.3 Å². The lowest BCUT2D eigenvalue weighted by Crippen LogP contribution is -2.26. The smallest absolute Gasteiger partial charge is 0.251 e. The highest BCUT2D eigenvalue weighted by atomic mass is 32.2. The minimum atomic E-state index is -0.0340. The van der Waals surface area contributed by atoms with Gasteiger partial charge >= 0.3 is 0 Å². The average molecular weight is 330 g/mol. The fraction of sp³-hybridized carbons (Fsp3) is 0.471. The largest absolute Gasteiger partial charge is 0.352 e. The molecule has 6 heteroatoms. The Morgan fingerprint density at radius 1 is 1.22 bits per heavy atom. The van der Waals surface area contributed by atoms with Gasteiger partial charge in [-0.3, -0.25) is 4.79 Å². The van der Waals surface area contributed by atoms with Crippen LogP contribution in [-0.4, -0.2) is 33.5 Å². The summed E-state index contributed by atoms with van der Waals surface area (Å²) in [6.07, 6.45) is 7.40. The molecule has 1 amide bonds. The van der Waals surface area contributed by atoms with Gasteiger partial charge in [-0.15, -0.1) is 22.0 Å². The number of carbonyl (C=O) groups is 1. The third-order valence-electron chi connectivity index (χ3n) is 4.17. The topological polar surface area (TPSA) is 59.8 Å². The van der Waals surface area contributed by atoms with E-state index in [4.69, 9.17) is 0 Å². The fourth-order valence-electron chi connectivity index (χ4n) is 2.86. The number of amides is 1. The van der Waals surface area contributed by atoms with E-state index in [0.29, 0.717) is 12.1 Å². The van der Waals surface area contributed by atoms with E-state index < -0.39 is 0 Å². The number of nitrogens with one attached hydrogen (secondary N) is 1. The van der Waals surface area contributed by atoms with Gasteiger partial charge in [-0.05, 0) is 43.4 Å². The maximum absolute atomic E-state index is 12.2. The summed E-state index contributed by atoms with van der Waals surface area (Å²) in [5.41, 5.74) is 0.697. The molecular weight excluding hydrogens is 308 g/mol. The van der Waals surface area contributed by atoms with Crippen LogP contribution in [-0.2, 0) is 19.4 Å². The number of benzene rings is 1. The van der Waals surface area contributed by atoms with Gasteiger partial charge in [0.05, 0.1) is 0 Å². The van der Waals surface area contributed by atoms with Crippen molar-refractivity contribution in [1.82, 2.24) is 20.1 Å². The first-order valence-corrected chi connectivity index (χ1v) is 9.33. The van der Waals surface area contributed by atoms with Crippen molar-refractivity contribution in [2.75, 3.05) is 12.8 Å². The molecule has 1 aliphatic rings. The van der Waals surface area contributed by atoms with Crippen LogP contribution in [0.5, 0.6) is 0 Å². The summed E-state index contributed by atoms with van der Waals surface area (Å²) >= 11 is 1.67. The van der Waals surface area contributed by atoms with E-state index >= 15 is 0 Å². The summed E-state index contributed by atoms with van der Waals surface area (Å²) in [6.45, 7) is 1.59. The molecular formula is C17H22N4OS. The third-order valence-corrected chi connectivity index (χ3v) is 4.92. The number of aromatic nitrogens is 3. The number of hydrogen-bond acceptors (Lipinski definition) is 4. The molecule has 3 rings (SSSR count). The SMILES string of the molecule is CSc1ccc(C(=O)NCCc2nnc3n2CCCCC3)cc1. The quantitative estimate of drug-likeness (QED) is 0.856. The van der Waals surface area contributed by atoms with Crippen LogP contribution in [0.2, 0.25) is 0 Å². The number of rotatable bonds is 5. The lowest BCUT2D eigenvalue weighted by atomic mass is 10.2. The van der Waals surface area contributed by atoms with Crippen LogP contribution in [0.25, 0.3) is 0 Å². The number of carbonyl (C=O) groups excluding carboxylic acids is 1. The molecule has 0 radical (unpaired) electrons. The first-order chi connectivity index (χ1) is 11.3. The number of fused-ring (bicyclic) bond motifs is 1. The summed E-state index contributed by atoms with van der Waals surface area (Å²) in [7, 11) is 0. The molecule has 1 aliphatic heterocycles.